The van der Waals surface area contributed by atoms with Crippen LogP contribution >= 0.6 is 0 Å². The molecule has 0 atom stereocenters. The van der Waals surface area contributed by atoms with Crippen molar-refractivity contribution in [3.8, 4) is 17.1 Å². The van der Waals surface area contributed by atoms with Crippen LogP contribution in [0.3, 0.4) is 0 Å². The molecule has 36 heavy (non-hydrogen) atoms. The fourth-order valence-electron chi connectivity index (χ4n) is 3.75. The van der Waals surface area contributed by atoms with Gasteiger partial charge in [-0.15, -0.1) is 0 Å². The van der Waals surface area contributed by atoms with E-state index in [0.29, 0.717) is 40.3 Å². The van der Waals surface area contributed by atoms with Crippen molar-refractivity contribution in [1.29, 1.82) is 0 Å². The summed E-state index contributed by atoms with van der Waals surface area (Å²) < 4.78 is 21.2. The number of ether oxygens (including phenoxy) is 1. The van der Waals surface area contributed by atoms with Gasteiger partial charge in [0.25, 0.3) is 5.91 Å². The highest BCUT2D eigenvalue weighted by atomic mass is 19.1. The number of halogens is 1. The lowest BCUT2D eigenvalue weighted by Crippen LogP contribution is -2.24. The number of amides is 1. The van der Waals surface area contributed by atoms with Crippen LogP contribution in [0.25, 0.3) is 22.3 Å². The predicted octanol–water partition coefficient (Wildman–Crippen LogP) is 3.83. The van der Waals surface area contributed by atoms with Crippen LogP contribution in [0.4, 0.5) is 4.39 Å². The number of hydrogen-bond acceptors (Lipinski definition) is 6. The molecule has 1 amide bonds. The van der Waals surface area contributed by atoms with Gasteiger partial charge in [-0.05, 0) is 55.0 Å². The summed E-state index contributed by atoms with van der Waals surface area (Å²) in [7, 11) is 1.83. The molecule has 9 nitrogen and oxygen atoms in total. The Balaban J connectivity index is 1.38. The van der Waals surface area contributed by atoms with Gasteiger partial charge in [0.1, 0.15) is 23.9 Å². The van der Waals surface area contributed by atoms with Crippen LogP contribution < -0.4 is 10.1 Å². The first-order valence-electron chi connectivity index (χ1n) is 11.5. The van der Waals surface area contributed by atoms with Gasteiger partial charge in [-0.1, -0.05) is 0 Å². The number of carbonyl (C=O) groups is 1. The Kier molecular flexibility index (Phi) is 6.65. The molecule has 5 aromatic rings. The standard InChI is InChI=1S/C26H24FN7O2/c1-34-14-10-20(33-34)16-36-26-24(17-4-7-19(27)8-5-17)31-22-15-18(6-9-21(22)32-26)25(35)30-11-2-3-23-28-12-13-29-23/h4-10,12-15H,2-3,11,16H2,1H3,(H,28,29)(H,30,35). The van der Waals surface area contributed by atoms with Crippen molar-refractivity contribution in [2.24, 2.45) is 7.05 Å². The number of nitrogens with zero attached hydrogens (tertiary/aromatic N) is 5. The smallest absolute Gasteiger partial charge is 0.251 e. The van der Waals surface area contributed by atoms with Gasteiger partial charge in [0.05, 0.1) is 16.7 Å². The highest BCUT2D eigenvalue weighted by Crippen LogP contribution is 2.30. The van der Waals surface area contributed by atoms with Gasteiger partial charge < -0.3 is 15.0 Å². The lowest BCUT2D eigenvalue weighted by atomic mass is 10.1. The summed E-state index contributed by atoms with van der Waals surface area (Å²) in [6.45, 7) is 0.720. The number of aromatic nitrogens is 6. The van der Waals surface area contributed by atoms with E-state index < -0.39 is 0 Å². The molecule has 0 aliphatic carbocycles. The van der Waals surface area contributed by atoms with Crippen molar-refractivity contribution in [1.82, 2.24) is 35.0 Å². The fourth-order valence-corrected chi connectivity index (χ4v) is 3.75. The highest BCUT2D eigenvalue weighted by molar-refractivity contribution is 5.97. The van der Waals surface area contributed by atoms with Crippen LogP contribution in [-0.4, -0.2) is 42.2 Å². The third-order valence-electron chi connectivity index (χ3n) is 5.57. The summed E-state index contributed by atoms with van der Waals surface area (Å²) in [5, 5.41) is 7.25. The van der Waals surface area contributed by atoms with Crippen LogP contribution in [0.2, 0.25) is 0 Å². The number of aromatic amines is 1. The zero-order valence-electron chi connectivity index (χ0n) is 19.6. The van der Waals surface area contributed by atoms with Crippen LogP contribution in [0, 0.1) is 5.82 Å². The van der Waals surface area contributed by atoms with E-state index in [0.717, 1.165) is 24.4 Å². The summed E-state index contributed by atoms with van der Waals surface area (Å²) in [5.74, 6) is 0.640. The van der Waals surface area contributed by atoms with Crippen LogP contribution in [0.5, 0.6) is 5.88 Å². The quantitative estimate of drug-likeness (QED) is 0.307. The van der Waals surface area contributed by atoms with Gasteiger partial charge in [0, 0.05) is 49.7 Å². The zero-order chi connectivity index (χ0) is 24.9. The van der Waals surface area contributed by atoms with E-state index in [9.17, 15) is 9.18 Å². The maximum atomic E-state index is 13.5. The lowest BCUT2D eigenvalue weighted by Gasteiger charge is -2.12. The van der Waals surface area contributed by atoms with Gasteiger partial charge in [0.15, 0.2) is 0 Å². The Morgan fingerprint density at radius 3 is 2.72 bits per heavy atom. The van der Waals surface area contributed by atoms with Crippen molar-refractivity contribution in [3.63, 3.8) is 0 Å². The number of carbonyl (C=O) groups excluding carboxylic acids is 1. The first kappa shape index (κ1) is 23.2. The molecule has 0 bridgehead atoms. The minimum absolute atomic E-state index is 0.197. The minimum atomic E-state index is -0.352. The number of nitrogens with one attached hydrogen (secondary N) is 2. The third kappa shape index (κ3) is 5.38. The van der Waals surface area contributed by atoms with Gasteiger partial charge in [-0.25, -0.2) is 19.3 Å². The number of imidazole rings is 1. The van der Waals surface area contributed by atoms with E-state index in [1.54, 1.807) is 47.4 Å². The third-order valence-corrected chi connectivity index (χ3v) is 5.57. The van der Waals surface area contributed by atoms with E-state index in [-0.39, 0.29) is 18.3 Å². The number of fused-ring (bicyclic) bond motifs is 1. The molecule has 10 heteroatoms. The second kappa shape index (κ2) is 10.3. The zero-order valence-corrected chi connectivity index (χ0v) is 19.6. The molecule has 0 aliphatic rings. The molecule has 2 aromatic carbocycles. The monoisotopic (exact) mass is 485 g/mol. The summed E-state index contributed by atoms with van der Waals surface area (Å²) in [5.41, 5.74) is 3.42. The molecular weight excluding hydrogens is 461 g/mol. The fraction of sp³-hybridized carbons (Fsp3) is 0.192. The van der Waals surface area contributed by atoms with Crippen LogP contribution in [0.1, 0.15) is 28.3 Å². The van der Waals surface area contributed by atoms with Crippen molar-refractivity contribution in [2.75, 3.05) is 6.54 Å². The molecule has 0 saturated carbocycles. The maximum absolute atomic E-state index is 13.5. The number of aryl methyl sites for hydroxylation is 2. The summed E-state index contributed by atoms with van der Waals surface area (Å²) >= 11 is 0. The molecule has 0 saturated heterocycles. The Bertz CT molecular complexity index is 1480. The van der Waals surface area contributed by atoms with Gasteiger partial charge >= 0.3 is 0 Å². The molecule has 0 radical (unpaired) electrons. The van der Waals surface area contributed by atoms with E-state index in [4.69, 9.17) is 9.72 Å². The first-order chi connectivity index (χ1) is 17.5. The summed E-state index contributed by atoms with van der Waals surface area (Å²) in [6.07, 6.45) is 6.82. The van der Waals surface area contributed by atoms with Crippen molar-refractivity contribution in [3.05, 3.63) is 90.0 Å². The normalized spacial score (nSPS) is 11.1. The number of hydrogen-bond donors (Lipinski definition) is 2. The molecule has 0 spiro atoms. The SMILES string of the molecule is Cn1ccc(COc2nc3ccc(C(=O)NCCCc4ncc[nH]4)cc3nc2-c2ccc(F)cc2)n1. The molecule has 182 valence electrons. The lowest BCUT2D eigenvalue weighted by molar-refractivity contribution is 0.0953. The molecule has 3 heterocycles. The summed E-state index contributed by atoms with van der Waals surface area (Å²) in [6, 6.07) is 12.9. The molecule has 5 rings (SSSR count). The van der Waals surface area contributed by atoms with Crippen LogP contribution in [-0.2, 0) is 20.1 Å². The van der Waals surface area contributed by atoms with Crippen molar-refractivity contribution >= 4 is 16.9 Å². The average molecular weight is 486 g/mol. The Morgan fingerprint density at radius 2 is 1.97 bits per heavy atom. The van der Waals surface area contributed by atoms with E-state index >= 15 is 0 Å². The Morgan fingerprint density at radius 1 is 1.11 bits per heavy atom. The highest BCUT2D eigenvalue weighted by Gasteiger charge is 2.15. The minimum Gasteiger partial charge on any atom is -0.470 e. The van der Waals surface area contributed by atoms with E-state index in [1.807, 2.05) is 19.3 Å². The number of benzene rings is 2. The summed E-state index contributed by atoms with van der Waals surface area (Å²) in [4.78, 5) is 29.3. The van der Waals surface area contributed by atoms with Crippen molar-refractivity contribution < 1.29 is 13.9 Å². The largest absolute Gasteiger partial charge is 0.470 e. The molecule has 0 aliphatic heterocycles. The van der Waals surface area contributed by atoms with E-state index in [2.05, 4.69) is 25.4 Å². The average Bonchev–Trinajstić information content (AvgIpc) is 3.56. The topological polar surface area (TPSA) is 111 Å². The van der Waals surface area contributed by atoms with Gasteiger partial charge in [-0.3, -0.25) is 9.48 Å². The number of H-pyrrole nitrogens is 1. The maximum Gasteiger partial charge on any atom is 0.251 e. The first-order valence-corrected chi connectivity index (χ1v) is 11.5. The molecule has 0 unspecified atom stereocenters. The van der Waals surface area contributed by atoms with Gasteiger partial charge in [-0.2, -0.15) is 5.10 Å². The Labute approximate surface area is 206 Å². The molecule has 0 fully saturated rings. The molecular formula is C26H24FN7O2. The Hall–Kier alpha value is -4.60. The van der Waals surface area contributed by atoms with Crippen LogP contribution in [0.15, 0.2) is 67.1 Å². The number of rotatable bonds is 9. The second-order valence-corrected chi connectivity index (χ2v) is 8.25. The molecule has 2 N–H and O–H groups in total. The van der Waals surface area contributed by atoms with Crippen molar-refractivity contribution in [2.45, 2.75) is 19.4 Å². The second-order valence-electron chi connectivity index (χ2n) is 8.25. The van der Waals surface area contributed by atoms with Gasteiger partial charge in [0.2, 0.25) is 5.88 Å². The molecule has 3 aromatic heterocycles. The van der Waals surface area contributed by atoms with E-state index in [1.165, 1.54) is 12.1 Å². The predicted molar refractivity (Wildman–Crippen MR) is 132 cm³/mol.